The molecule has 3 aromatic heterocycles. The first-order chi connectivity index (χ1) is 13.0. The Kier molecular flexibility index (Phi) is 5.25. The second-order valence-electron chi connectivity index (χ2n) is 6.57. The van der Waals surface area contributed by atoms with Gasteiger partial charge in [0.1, 0.15) is 5.82 Å². The Morgan fingerprint density at radius 3 is 2.85 bits per heavy atom. The predicted molar refractivity (Wildman–Crippen MR) is 116 cm³/mol. The maximum atomic E-state index is 6.46. The van der Waals surface area contributed by atoms with Gasteiger partial charge >= 0.3 is 0 Å². The highest BCUT2D eigenvalue weighted by Gasteiger charge is 2.23. The standard InChI is InChI=1S/C19H20ClN5S2/c1-11-6-12(2)18(22-8-11)13-7-17(21-9-14(13)20)25-5-4-15-16(10-25)27-19(23-15)24-26-3/h6-9H,4-5,10H2,1-3H3,(H,23,24). The van der Waals surface area contributed by atoms with Crippen LogP contribution in [0.1, 0.15) is 21.7 Å². The number of halogens is 1. The minimum absolute atomic E-state index is 0.625. The molecule has 140 valence electrons. The van der Waals surface area contributed by atoms with Gasteiger partial charge < -0.3 is 9.62 Å². The van der Waals surface area contributed by atoms with Crippen LogP contribution in [0.4, 0.5) is 10.9 Å². The van der Waals surface area contributed by atoms with E-state index in [1.165, 1.54) is 10.6 Å². The Morgan fingerprint density at radius 2 is 2.07 bits per heavy atom. The first-order valence-corrected chi connectivity index (χ1v) is 11.1. The molecule has 1 aliphatic rings. The third-order valence-electron chi connectivity index (χ3n) is 4.56. The zero-order valence-electron chi connectivity index (χ0n) is 15.4. The first-order valence-electron chi connectivity index (χ1n) is 8.67. The third kappa shape index (κ3) is 3.77. The Hall–Kier alpha value is -1.83. The largest absolute Gasteiger partial charge is 0.351 e. The fraction of sp³-hybridized carbons (Fsp3) is 0.316. The Morgan fingerprint density at radius 1 is 1.22 bits per heavy atom. The topological polar surface area (TPSA) is 53.9 Å². The average Bonchev–Trinajstić information content (AvgIpc) is 3.04. The normalized spacial score (nSPS) is 13.6. The number of fused-ring (bicyclic) bond motifs is 1. The zero-order valence-corrected chi connectivity index (χ0v) is 17.8. The highest BCUT2D eigenvalue weighted by molar-refractivity contribution is 8.00. The maximum Gasteiger partial charge on any atom is 0.193 e. The van der Waals surface area contributed by atoms with Gasteiger partial charge in [-0.15, -0.1) is 0 Å². The van der Waals surface area contributed by atoms with E-state index in [1.54, 1.807) is 29.5 Å². The molecule has 0 radical (unpaired) electrons. The molecule has 0 spiro atoms. The quantitative estimate of drug-likeness (QED) is 0.594. The average molecular weight is 418 g/mol. The summed E-state index contributed by atoms with van der Waals surface area (Å²) in [5.74, 6) is 0.926. The number of hydrogen-bond acceptors (Lipinski definition) is 7. The highest BCUT2D eigenvalue weighted by Crippen LogP contribution is 2.34. The van der Waals surface area contributed by atoms with Crippen LogP contribution in [0.15, 0.2) is 24.5 Å². The van der Waals surface area contributed by atoms with E-state index in [9.17, 15) is 0 Å². The summed E-state index contributed by atoms with van der Waals surface area (Å²) in [5, 5.41) is 1.60. The van der Waals surface area contributed by atoms with Crippen molar-refractivity contribution in [1.29, 1.82) is 0 Å². The maximum absolute atomic E-state index is 6.46. The molecule has 1 aliphatic heterocycles. The van der Waals surface area contributed by atoms with Gasteiger partial charge in [-0.05, 0) is 31.0 Å². The molecule has 5 nitrogen and oxygen atoms in total. The summed E-state index contributed by atoms with van der Waals surface area (Å²) in [6.07, 6.45) is 6.54. The highest BCUT2D eigenvalue weighted by atomic mass is 35.5. The lowest BCUT2D eigenvalue weighted by atomic mass is 10.1. The molecule has 0 aliphatic carbocycles. The summed E-state index contributed by atoms with van der Waals surface area (Å²) in [4.78, 5) is 17.4. The number of nitrogens with one attached hydrogen (secondary N) is 1. The van der Waals surface area contributed by atoms with Crippen molar-refractivity contribution >= 4 is 45.8 Å². The van der Waals surface area contributed by atoms with Crippen LogP contribution in [0.25, 0.3) is 11.3 Å². The molecular weight excluding hydrogens is 398 g/mol. The van der Waals surface area contributed by atoms with Crippen LogP contribution in [0, 0.1) is 13.8 Å². The molecular formula is C19H20ClN5S2. The van der Waals surface area contributed by atoms with Crippen molar-refractivity contribution in [2.75, 3.05) is 22.4 Å². The van der Waals surface area contributed by atoms with Gasteiger partial charge in [-0.2, -0.15) is 0 Å². The smallest absolute Gasteiger partial charge is 0.193 e. The van der Waals surface area contributed by atoms with Crippen LogP contribution in [-0.4, -0.2) is 27.8 Å². The van der Waals surface area contributed by atoms with Crippen molar-refractivity contribution in [3.05, 3.63) is 51.2 Å². The molecule has 0 saturated heterocycles. The molecule has 0 amide bonds. The first kappa shape index (κ1) is 18.5. The minimum atomic E-state index is 0.625. The van der Waals surface area contributed by atoms with Gasteiger partial charge in [-0.1, -0.05) is 41.0 Å². The van der Waals surface area contributed by atoms with Gasteiger partial charge in [-0.25, -0.2) is 9.97 Å². The monoisotopic (exact) mass is 417 g/mol. The second-order valence-corrected chi connectivity index (χ2v) is 8.67. The van der Waals surface area contributed by atoms with E-state index in [0.717, 1.165) is 52.8 Å². The third-order valence-corrected chi connectivity index (χ3v) is 6.38. The molecule has 0 saturated carbocycles. The Bertz CT molecular complexity index is 988. The number of rotatable bonds is 4. The molecule has 27 heavy (non-hydrogen) atoms. The molecule has 4 heterocycles. The molecule has 4 rings (SSSR count). The van der Waals surface area contributed by atoms with Gasteiger partial charge in [0, 0.05) is 42.1 Å². The Balaban J connectivity index is 1.65. The predicted octanol–water partition coefficient (Wildman–Crippen LogP) is 5.12. The van der Waals surface area contributed by atoms with Crippen molar-refractivity contribution in [2.24, 2.45) is 0 Å². The summed E-state index contributed by atoms with van der Waals surface area (Å²) >= 11 is 9.75. The zero-order chi connectivity index (χ0) is 19.0. The summed E-state index contributed by atoms with van der Waals surface area (Å²) in [5.41, 5.74) is 5.29. The van der Waals surface area contributed by atoms with Gasteiger partial charge in [-0.3, -0.25) is 4.98 Å². The number of thiazole rings is 1. The van der Waals surface area contributed by atoms with Crippen LogP contribution in [0.3, 0.4) is 0 Å². The summed E-state index contributed by atoms with van der Waals surface area (Å²) in [7, 11) is 0. The van der Waals surface area contributed by atoms with Crippen molar-refractivity contribution < 1.29 is 0 Å². The van der Waals surface area contributed by atoms with Crippen molar-refractivity contribution in [3.63, 3.8) is 0 Å². The molecule has 0 fully saturated rings. The number of aryl methyl sites for hydroxylation is 2. The molecule has 0 aromatic carbocycles. The fourth-order valence-electron chi connectivity index (χ4n) is 3.30. The molecule has 1 N–H and O–H groups in total. The van der Waals surface area contributed by atoms with E-state index in [-0.39, 0.29) is 0 Å². The number of hydrogen-bond donors (Lipinski definition) is 1. The van der Waals surface area contributed by atoms with Gasteiger partial charge in [0.2, 0.25) is 0 Å². The van der Waals surface area contributed by atoms with Crippen molar-refractivity contribution in [2.45, 2.75) is 26.8 Å². The Labute approximate surface area is 172 Å². The number of pyridine rings is 2. The summed E-state index contributed by atoms with van der Waals surface area (Å²) in [6, 6.07) is 4.18. The molecule has 3 aromatic rings. The lowest BCUT2D eigenvalue weighted by Gasteiger charge is -2.27. The van der Waals surface area contributed by atoms with E-state index in [1.807, 2.05) is 19.4 Å². The van der Waals surface area contributed by atoms with E-state index < -0.39 is 0 Å². The van der Waals surface area contributed by atoms with Crippen LogP contribution < -0.4 is 9.62 Å². The van der Waals surface area contributed by atoms with Crippen LogP contribution in [0.5, 0.6) is 0 Å². The van der Waals surface area contributed by atoms with E-state index >= 15 is 0 Å². The van der Waals surface area contributed by atoms with E-state index in [2.05, 4.69) is 43.6 Å². The van der Waals surface area contributed by atoms with Gasteiger partial charge in [0.25, 0.3) is 0 Å². The van der Waals surface area contributed by atoms with Crippen molar-refractivity contribution in [1.82, 2.24) is 15.0 Å². The summed E-state index contributed by atoms with van der Waals surface area (Å²) in [6.45, 7) is 5.82. The molecule has 8 heteroatoms. The summed E-state index contributed by atoms with van der Waals surface area (Å²) < 4.78 is 3.23. The number of aromatic nitrogens is 3. The minimum Gasteiger partial charge on any atom is -0.351 e. The lowest BCUT2D eigenvalue weighted by Crippen LogP contribution is -2.30. The molecule has 0 unspecified atom stereocenters. The van der Waals surface area contributed by atoms with Crippen LogP contribution >= 0.6 is 34.9 Å². The van der Waals surface area contributed by atoms with Crippen molar-refractivity contribution in [3.8, 4) is 11.3 Å². The lowest BCUT2D eigenvalue weighted by molar-refractivity contribution is 0.719. The molecule has 0 bridgehead atoms. The number of anilines is 2. The number of nitrogens with zero attached hydrogens (tertiary/aromatic N) is 4. The van der Waals surface area contributed by atoms with Gasteiger partial charge in [0.15, 0.2) is 5.13 Å². The fourth-order valence-corrected chi connectivity index (χ4v) is 5.01. The second kappa shape index (κ2) is 7.66. The van der Waals surface area contributed by atoms with E-state index in [0.29, 0.717) is 5.02 Å². The van der Waals surface area contributed by atoms with Gasteiger partial charge in [0.05, 0.1) is 23.0 Å². The van der Waals surface area contributed by atoms with Crippen LogP contribution in [0.2, 0.25) is 5.02 Å². The SMILES string of the molecule is CSNc1nc2c(s1)CN(c1cc(-c3ncc(C)cc3C)c(Cl)cn1)CC2. The molecule has 0 atom stereocenters. The van der Waals surface area contributed by atoms with E-state index in [4.69, 9.17) is 11.6 Å². The van der Waals surface area contributed by atoms with Crippen LogP contribution in [-0.2, 0) is 13.0 Å².